The third kappa shape index (κ3) is 3.29. The Morgan fingerprint density at radius 1 is 1.14 bits per heavy atom. The van der Waals surface area contributed by atoms with Crippen molar-refractivity contribution in [2.75, 3.05) is 6.54 Å². The van der Waals surface area contributed by atoms with Gasteiger partial charge in [-0.15, -0.1) is 0 Å². The van der Waals surface area contributed by atoms with E-state index in [2.05, 4.69) is 15.5 Å². The first-order valence-electron chi connectivity index (χ1n) is 9.02. The second kappa shape index (κ2) is 7.52. The third-order valence-electron chi connectivity index (χ3n) is 4.80. The summed E-state index contributed by atoms with van der Waals surface area (Å²) < 4.78 is 18.8. The lowest BCUT2D eigenvalue weighted by atomic mass is 9.95. The van der Waals surface area contributed by atoms with E-state index in [0.29, 0.717) is 22.4 Å². The van der Waals surface area contributed by atoms with Crippen LogP contribution in [0.3, 0.4) is 0 Å². The minimum Gasteiger partial charge on any atom is -0.351 e. The average Bonchev–Trinajstić information content (AvgIpc) is 3.18. The van der Waals surface area contributed by atoms with Gasteiger partial charge in [0.2, 0.25) is 5.82 Å². The largest absolute Gasteiger partial charge is 0.351 e. The lowest BCUT2D eigenvalue weighted by molar-refractivity contribution is 0.398. The van der Waals surface area contributed by atoms with Gasteiger partial charge >= 0.3 is 0 Å². The van der Waals surface area contributed by atoms with Gasteiger partial charge in [0.05, 0.1) is 11.6 Å². The predicted octanol–water partition coefficient (Wildman–Crippen LogP) is 4.56. The van der Waals surface area contributed by atoms with Crippen LogP contribution in [0.4, 0.5) is 4.39 Å². The molecule has 2 aromatic carbocycles. The minimum atomic E-state index is -0.307. The summed E-state index contributed by atoms with van der Waals surface area (Å²) in [4.78, 5) is 6.59. The van der Waals surface area contributed by atoms with Crippen molar-refractivity contribution in [3.63, 3.8) is 0 Å². The van der Waals surface area contributed by atoms with Gasteiger partial charge in [0.15, 0.2) is 5.11 Å². The zero-order valence-corrected chi connectivity index (χ0v) is 16.3. The van der Waals surface area contributed by atoms with Gasteiger partial charge in [-0.2, -0.15) is 4.98 Å². The number of aromatic nitrogens is 2. The van der Waals surface area contributed by atoms with Crippen molar-refractivity contribution in [2.24, 2.45) is 0 Å². The molecule has 28 heavy (non-hydrogen) atoms. The van der Waals surface area contributed by atoms with Gasteiger partial charge in [0, 0.05) is 17.8 Å². The van der Waals surface area contributed by atoms with Crippen LogP contribution in [-0.2, 0) is 0 Å². The monoisotopic (exact) mass is 394 g/mol. The molecule has 1 unspecified atom stereocenters. The van der Waals surface area contributed by atoms with Gasteiger partial charge in [-0.05, 0) is 55.9 Å². The Labute approximate surface area is 167 Å². The predicted molar refractivity (Wildman–Crippen MR) is 110 cm³/mol. The molecule has 142 valence electrons. The normalized spacial score (nSPS) is 17.0. The molecule has 0 saturated carbocycles. The first-order valence-corrected chi connectivity index (χ1v) is 9.43. The van der Waals surface area contributed by atoms with E-state index in [9.17, 15) is 4.39 Å². The number of allylic oxidation sites excluding steroid dienone is 1. The lowest BCUT2D eigenvalue weighted by Gasteiger charge is -2.36. The molecule has 0 amide bonds. The molecule has 1 aliphatic heterocycles. The molecule has 1 N–H and O–H groups in total. The molecule has 4 rings (SSSR count). The first kappa shape index (κ1) is 18.3. The molecule has 5 nitrogen and oxygen atoms in total. The highest BCUT2D eigenvalue weighted by atomic mass is 32.1. The van der Waals surface area contributed by atoms with E-state index < -0.39 is 0 Å². The number of halogens is 1. The van der Waals surface area contributed by atoms with E-state index in [1.807, 2.05) is 49.1 Å². The second-order valence-electron chi connectivity index (χ2n) is 6.47. The maximum atomic E-state index is 13.2. The van der Waals surface area contributed by atoms with E-state index in [0.717, 1.165) is 23.4 Å². The fourth-order valence-corrected chi connectivity index (χ4v) is 3.77. The van der Waals surface area contributed by atoms with Gasteiger partial charge in [-0.25, -0.2) is 4.39 Å². The van der Waals surface area contributed by atoms with Crippen molar-refractivity contribution in [1.29, 1.82) is 0 Å². The molecule has 7 heteroatoms. The lowest BCUT2D eigenvalue weighted by Crippen LogP contribution is -2.45. The zero-order chi connectivity index (χ0) is 19.7. The van der Waals surface area contributed by atoms with Crippen molar-refractivity contribution in [3.8, 4) is 11.4 Å². The number of rotatable bonds is 4. The topological polar surface area (TPSA) is 54.2 Å². The van der Waals surface area contributed by atoms with Crippen molar-refractivity contribution in [1.82, 2.24) is 20.4 Å². The summed E-state index contributed by atoms with van der Waals surface area (Å²) >= 11 is 5.56. The van der Waals surface area contributed by atoms with E-state index >= 15 is 0 Å². The SMILES string of the molecule is CCN1C(=S)NC(c2ccccc2)C(c2nc(-c3ccc(F)cc3)no2)=C1C. The Morgan fingerprint density at radius 2 is 1.86 bits per heavy atom. The van der Waals surface area contributed by atoms with Crippen LogP contribution in [0.5, 0.6) is 0 Å². The van der Waals surface area contributed by atoms with Gasteiger partial charge < -0.3 is 14.7 Å². The van der Waals surface area contributed by atoms with Crippen molar-refractivity contribution in [3.05, 3.63) is 77.6 Å². The standard InChI is InChI=1S/C21H19FN4OS/c1-3-26-13(2)17(18(23-21(26)28)14-7-5-4-6-8-14)20-24-19(25-27-20)15-9-11-16(22)12-10-15/h4-12,18H,3H2,1-2H3,(H,23,28). The Morgan fingerprint density at radius 3 is 2.54 bits per heavy atom. The van der Waals surface area contributed by atoms with Gasteiger partial charge in [0.25, 0.3) is 5.89 Å². The summed E-state index contributed by atoms with van der Waals surface area (Å²) in [6, 6.07) is 15.8. The number of hydrogen-bond acceptors (Lipinski definition) is 4. The van der Waals surface area contributed by atoms with Crippen molar-refractivity contribution >= 4 is 22.9 Å². The van der Waals surface area contributed by atoms with Crippen LogP contribution in [0, 0.1) is 5.82 Å². The second-order valence-corrected chi connectivity index (χ2v) is 6.85. The summed E-state index contributed by atoms with van der Waals surface area (Å²) in [6.07, 6.45) is 0. The summed E-state index contributed by atoms with van der Waals surface area (Å²) in [5, 5.41) is 8.16. The maximum absolute atomic E-state index is 13.2. The van der Waals surface area contributed by atoms with Crippen LogP contribution in [-0.4, -0.2) is 26.7 Å². The van der Waals surface area contributed by atoms with Crippen LogP contribution in [0.1, 0.15) is 31.3 Å². The van der Waals surface area contributed by atoms with Crippen LogP contribution in [0.15, 0.2) is 64.8 Å². The van der Waals surface area contributed by atoms with Crippen LogP contribution in [0.2, 0.25) is 0 Å². The summed E-state index contributed by atoms with van der Waals surface area (Å²) in [5.74, 6) is 0.524. The molecule has 1 aliphatic rings. The smallest absolute Gasteiger partial charge is 0.258 e. The zero-order valence-electron chi connectivity index (χ0n) is 15.5. The quantitative estimate of drug-likeness (QED) is 0.655. The molecule has 0 radical (unpaired) electrons. The maximum Gasteiger partial charge on any atom is 0.258 e. The highest BCUT2D eigenvalue weighted by molar-refractivity contribution is 7.80. The number of benzene rings is 2. The van der Waals surface area contributed by atoms with Gasteiger partial charge in [-0.1, -0.05) is 35.5 Å². The van der Waals surface area contributed by atoms with E-state index in [1.165, 1.54) is 12.1 Å². The summed E-state index contributed by atoms with van der Waals surface area (Å²) in [5.41, 5.74) is 3.59. The Hall–Kier alpha value is -3.06. The fourth-order valence-electron chi connectivity index (χ4n) is 3.38. The molecule has 0 fully saturated rings. The minimum absolute atomic E-state index is 0.196. The molecule has 0 bridgehead atoms. The number of nitrogens with zero attached hydrogens (tertiary/aromatic N) is 3. The average molecular weight is 394 g/mol. The molecule has 2 heterocycles. The molecule has 0 aliphatic carbocycles. The molecule has 0 saturated heterocycles. The molecule has 1 aromatic heterocycles. The van der Waals surface area contributed by atoms with E-state index in [4.69, 9.17) is 16.7 Å². The number of thiocarbonyl (C=S) groups is 1. The molecule has 1 atom stereocenters. The van der Waals surface area contributed by atoms with Crippen LogP contribution < -0.4 is 5.32 Å². The van der Waals surface area contributed by atoms with E-state index in [-0.39, 0.29) is 11.9 Å². The van der Waals surface area contributed by atoms with Gasteiger partial charge in [-0.3, -0.25) is 0 Å². The number of nitrogens with one attached hydrogen (secondary N) is 1. The van der Waals surface area contributed by atoms with Gasteiger partial charge in [0.1, 0.15) is 5.82 Å². The summed E-state index contributed by atoms with van der Waals surface area (Å²) in [6.45, 7) is 4.76. The van der Waals surface area contributed by atoms with Crippen LogP contribution in [0.25, 0.3) is 17.0 Å². The fraction of sp³-hybridized carbons (Fsp3) is 0.190. The van der Waals surface area contributed by atoms with Crippen molar-refractivity contribution in [2.45, 2.75) is 19.9 Å². The first-order chi connectivity index (χ1) is 13.6. The van der Waals surface area contributed by atoms with Crippen molar-refractivity contribution < 1.29 is 8.91 Å². The molecular weight excluding hydrogens is 375 g/mol. The Balaban J connectivity index is 1.80. The molecule has 3 aromatic rings. The summed E-state index contributed by atoms with van der Waals surface area (Å²) in [7, 11) is 0. The highest BCUT2D eigenvalue weighted by Gasteiger charge is 2.33. The Kier molecular flexibility index (Phi) is 4.92. The third-order valence-corrected chi connectivity index (χ3v) is 5.14. The highest BCUT2D eigenvalue weighted by Crippen LogP contribution is 2.37. The molecular formula is C21H19FN4OS. The number of hydrogen-bond donors (Lipinski definition) is 1. The van der Waals surface area contributed by atoms with E-state index in [1.54, 1.807) is 12.1 Å². The van der Waals surface area contributed by atoms with Crippen LogP contribution >= 0.6 is 12.2 Å². The Bertz CT molecular complexity index is 1030. The molecule has 0 spiro atoms.